The summed E-state index contributed by atoms with van der Waals surface area (Å²) in [7, 11) is -3.95. The highest BCUT2D eigenvalue weighted by Crippen LogP contribution is 2.27. The Morgan fingerprint density at radius 1 is 0.962 bits per heavy atom. The van der Waals surface area contributed by atoms with Crippen LogP contribution in [0.2, 0.25) is 10.0 Å². The van der Waals surface area contributed by atoms with E-state index in [-0.39, 0.29) is 26.4 Å². The molecule has 1 aromatic heterocycles. The number of benzene rings is 2. The molecule has 0 atom stereocenters. The molecule has 26 heavy (non-hydrogen) atoms. The van der Waals surface area contributed by atoms with E-state index < -0.39 is 15.9 Å². The van der Waals surface area contributed by atoms with E-state index in [0.29, 0.717) is 5.69 Å². The van der Waals surface area contributed by atoms with Crippen LogP contribution >= 0.6 is 23.2 Å². The van der Waals surface area contributed by atoms with Gasteiger partial charge in [-0.1, -0.05) is 29.3 Å². The van der Waals surface area contributed by atoms with Crippen LogP contribution in [0.1, 0.15) is 10.6 Å². The van der Waals surface area contributed by atoms with Crippen LogP contribution in [0.15, 0.2) is 70.2 Å². The first-order chi connectivity index (χ1) is 12.3. The molecule has 3 aromatic rings. The minimum Gasteiger partial charge on any atom is -0.459 e. The summed E-state index contributed by atoms with van der Waals surface area (Å²) in [5.41, 5.74) is 0.641. The summed E-state index contributed by atoms with van der Waals surface area (Å²) in [4.78, 5) is 11.9. The first kappa shape index (κ1) is 18.3. The number of halogens is 2. The number of sulfonamides is 1. The molecule has 0 aliphatic heterocycles. The van der Waals surface area contributed by atoms with Crippen molar-refractivity contribution in [1.82, 2.24) is 0 Å². The summed E-state index contributed by atoms with van der Waals surface area (Å²) < 4.78 is 32.5. The summed E-state index contributed by atoms with van der Waals surface area (Å²) in [6.45, 7) is 0. The zero-order valence-corrected chi connectivity index (χ0v) is 15.4. The summed E-state index contributed by atoms with van der Waals surface area (Å²) in [5.74, 6) is -0.311. The van der Waals surface area contributed by atoms with Crippen molar-refractivity contribution in [3.63, 3.8) is 0 Å². The fourth-order valence-corrected chi connectivity index (χ4v) is 3.97. The van der Waals surface area contributed by atoms with Gasteiger partial charge in [-0.3, -0.25) is 9.52 Å². The van der Waals surface area contributed by atoms with Crippen LogP contribution in [-0.4, -0.2) is 14.3 Å². The van der Waals surface area contributed by atoms with E-state index in [9.17, 15) is 13.2 Å². The lowest BCUT2D eigenvalue weighted by Gasteiger charge is -2.11. The molecule has 1 amide bonds. The summed E-state index contributed by atoms with van der Waals surface area (Å²) in [6, 6.07) is 13.5. The van der Waals surface area contributed by atoms with E-state index in [1.165, 1.54) is 36.6 Å². The maximum absolute atomic E-state index is 12.5. The van der Waals surface area contributed by atoms with E-state index in [1.54, 1.807) is 24.3 Å². The fourth-order valence-electron chi connectivity index (χ4n) is 2.15. The predicted molar refractivity (Wildman–Crippen MR) is 100 cm³/mol. The normalized spacial score (nSPS) is 11.2. The van der Waals surface area contributed by atoms with Gasteiger partial charge in [-0.05, 0) is 48.5 Å². The van der Waals surface area contributed by atoms with Gasteiger partial charge in [0.25, 0.3) is 15.9 Å². The molecule has 3 rings (SSSR count). The Bertz CT molecular complexity index is 1050. The molecule has 9 heteroatoms. The second-order valence-electron chi connectivity index (χ2n) is 5.19. The third-order valence-electron chi connectivity index (χ3n) is 3.30. The number of nitrogens with one attached hydrogen (secondary N) is 2. The largest absolute Gasteiger partial charge is 0.459 e. The van der Waals surface area contributed by atoms with E-state index in [4.69, 9.17) is 27.6 Å². The van der Waals surface area contributed by atoms with Gasteiger partial charge >= 0.3 is 0 Å². The molecule has 0 bridgehead atoms. The van der Waals surface area contributed by atoms with Crippen LogP contribution in [0, 0.1) is 0 Å². The number of carbonyl (C=O) groups excluding carboxylic acids is 1. The second kappa shape index (κ2) is 7.41. The molecule has 6 nitrogen and oxygen atoms in total. The molecule has 2 N–H and O–H groups in total. The van der Waals surface area contributed by atoms with E-state index in [1.807, 2.05) is 0 Å². The molecule has 1 heterocycles. The molecular formula is C17H12Cl2N2O4S. The Balaban J connectivity index is 1.82. The lowest BCUT2D eigenvalue weighted by Crippen LogP contribution is -2.14. The Morgan fingerprint density at radius 3 is 2.46 bits per heavy atom. The van der Waals surface area contributed by atoms with Crippen molar-refractivity contribution in [1.29, 1.82) is 0 Å². The van der Waals surface area contributed by atoms with Crippen LogP contribution in [0.25, 0.3) is 0 Å². The average Bonchev–Trinajstić information content (AvgIpc) is 3.11. The highest BCUT2D eigenvalue weighted by molar-refractivity contribution is 7.92. The molecule has 0 radical (unpaired) electrons. The highest BCUT2D eigenvalue weighted by atomic mass is 35.5. The van der Waals surface area contributed by atoms with Gasteiger partial charge in [-0.15, -0.1) is 0 Å². The Kier molecular flexibility index (Phi) is 5.22. The molecule has 2 aromatic carbocycles. The minimum absolute atomic E-state index is 0.0455. The van der Waals surface area contributed by atoms with E-state index in [2.05, 4.69) is 10.0 Å². The number of furan rings is 1. The van der Waals surface area contributed by atoms with Gasteiger partial charge < -0.3 is 9.73 Å². The Hall–Kier alpha value is -2.48. The number of anilines is 2. The molecule has 134 valence electrons. The molecule has 0 unspecified atom stereocenters. The SMILES string of the molecule is O=C(Nc1cccc(NS(=O)(=O)c2cc(Cl)ccc2Cl)c1)c1ccco1. The van der Waals surface area contributed by atoms with E-state index in [0.717, 1.165) is 0 Å². The zero-order valence-electron chi connectivity index (χ0n) is 13.1. The van der Waals surface area contributed by atoms with Crippen molar-refractivity contribution in [2.45, 2.75) is 4.90 Å². The van der Waals surface area contributed by atoms with Gasteiger partial charge in [0, 0.05) is 10.7 Å². The average molecular weight is 411 g/mol. The van der Waals surface area contributed by atoms with Crippen molar-refractivity contribution in [2.24, 2.45) is 0 Å². The number of amides is 1. The van der Waals surface area contributed by atoms with Gasteiger partial charge in [0.1, 0.15) is 4.90 Å². The predicted octanol–water partition coefficient (Wildman–Crippen LogP) is 4.64. The van der Waals surface area contributed by atoms with Crippen LogP contribution < -0.4 is 10.0 Å². The van der Waals surface area contributed by atoms with Crippen molar-refractivity contribution in [3.05, 3.63) is 76.7 Å². The number of hydrogen-bond acceptors (Lipinski definition) is 4. The monoisotopic (exact) mass is 410 g/mol. The third-order valence-corrected chi connectivity index (χ3v) is 5.40. The lowest BCUT2D eigenvalue weighted by atomic mass is 10.3. The molecule has 0 spiro atoms. The van der Waals surface area contributed by atoms with Gasteiger partial charge in [-0.2, -0.15) is 0 Å². The van der Waals surface area contributed by atoms with Crippen molar-refractivity contribution in [2.75, 3.05) is 10.0 Å². The van der Waals surface area contributed by atoms with Gasteiger partial charge in [0.15, 0.2) is 5.76 Å². The first-order valence-electron chi connectivity index (χ1n) is 7.28. The van der Waals surface area contributed by atoms with Crippen molar-refractivity contribution >= 4 is 50.5 Å². The summed E-state index contributed by atoms with van der Waals surface area (Å²) >= 11 is 11.8. The van der Waals surface area contributed by atoms with Crippen LogP contribution in [-0.2, 0) is 10.0 Å². The molecule has 0 saturated carbocycles. The first-order valence-corrected chi connectivity index (χ1v) is 9.52. The maximum atomic E-state index is 12.5. The van der Waals surface area contributed by atoms with Crippen molar-refractivity contribution in [3.8, 4) is 0 Å². The summed E-state index contributed by atoms with van der Waals surface area (Å²) in [5, 5.41) is 2.91. The quantitative estimate of drug-likeness (QED) is 0.640. The Morgan fingerprint density at radius 2 is 1.73 bits per heavy atom. The topological polar surface area (TPSA) is 88.4 Å². The van der Waals surface area contributed by atoms with Crippen LogP contribution in [0.3, 0.4) is 0 Å². The molecule has 0 aliphatic carbocycles. The molecular weight excluding hydrogens is 399 g/mol. The number of carbonyl (C=O) groups is 1. The fraction of sp³-hybridized carbons (Fsp3) is 0. The second-order valence-corrected chi connectivity index (χ2v) is 7.69. The molecule has 0 aliphatic rings. The smallest absolute Gasteiger partial charge is 0.291 e. The lowest BCUT2D eigenvalue weighted by molar-refractivity contribution is 0.0996. The van der Waals surface area contributed by atoms with Crippen LogP contribution in [0.5, 0.6) is 0 Å². The van der Waals surface area contributed by atoms with Gasteiger partial charge in [0.05, 0.1) is 17.0 Å². The minimum atomic E-state index is -3.95. The number of rotatable bonds is 5. The summed E-state index contributed by atoms with van der Waals surface area (Å²) in [6.07, 6.45) is 1.38. The van der Waals surface area contributed by atoms with Crippen LogP contribution in [0.4, 0.5) is 11.4 Å². The standard InChI is InChI=1S/C17H12Cl2N2O4S/c18-11-6-7-14(19)16(9-11)26(23,24)21-13-4-1-3-12(10-13)20-17(22)15-5-2-8-25-15/h1-10,21H,(H,20,22). The van der Waals surface area contributed by atoms with Crippen molar-refractivity contribution < 1.29 is 17.6 Å². The van der Waals surface area contributed by atoms with E-state index >= 15 is 0 Å². The maximum Gasteiger partial charge on any atom is 0.291 e. The Labute approximate surface area is 159 Å². The molecule has 0 saturated heterocycles. The molecule has 0 fully saturated rings. The third kappa shape index (κ3) is 4.19. The highest BCUT2D eigenvalue weighted by Gasteiger charge is 2.19. The number of hydrogen-bond donors (Lipinski definition) is 2. The van der Waals surface area contributed by atoms with Gasteiger partial charge in [-0.25, -0.2) is 8.42 Å². The van der Waals surface area contributed by atoms with Gasteiger partial charge in [0.2, 0.25) is 0 Å². The zero-order chi connectivity index (χ0) is 18.7.